The number of hydrogen-bond acceptors (Lipinski definition) is 4. The predicted molar refractivity (Wildman–Crippen MR) is 61.9 cm³/mol. The molecule has 0 aliphatic rings. The number of rotatable bonds is 7. The number of ether oxygens (including phenoxy) is 1. The van der Waals surface area contributed by atoms with E-state index >= 15 is 0 Å². The first-order chi connectivity index (χ1) is 7.67. The molecule has 2 atom stereocenters. The Labute approximate surface area is 103 Å². The second-order valence-corrected chi connectivity index (χ2v) is 5.36. The number of hydrogen-bond donors (Lipinski definition) is 0. The minimum absolute atomic E-state index is 0.313. The molecule has 0 amide bonds. The summed E-state index contributed by atoms with van der Waals surface area (Å²) in [7, 11) is 5.76. The third-order valence-electron chi connectivity index (χ3n) is 2.39. The Morgan fingerprint density at radius 2 is 1.82 bits per heavy atom. The first-order valence-electron chi connectivity index (χ1n) is 5.88. The van der Waals surface area contributed by atoms with Crippen molar-refractivity contribution in [3.05, 3.63) is 0 Å². The molecule has 100 valence electrons. The lowest BCUT2D eigenvalue weighted by atomic mass is 10.0. The zero-order valence-electron chi connectivity index (χ0n) is 11.4. The average Bonchev–Trinajstić information content (AvgIpc) is 2.13. The molecule has 0 aromatic heterocycles. The second-order valence-electron chi connectivity index (χ2n) is 5.36. The van der Waals surface area contributed by atoms with Crippen LogP contribution in [0.3, 0.4) is 0 Å². The van der Waals surface area contributed by atoms with E-state index in [1.807, 2.05) is 28.1 Å². The summed E-state index contributed by atoms with van der Waals surface area (Å²) in [6.45, 7) is 3.83. The molecule has 0 aliphatic carbocycles. The van der Waals surface area contributed by atoms with E-state index in [4.69, 9.17) is 4.74 Å². The molecular weight excluding hydrogens is 222 g/mol. The van der Waals surface area contributed by atoms with Gasteiger partial charge in [0.2, 0.25) is 0 Å². The van der Waals surface area contributed by atoms with Crippen molar-refractivity contribution in [2.24, 2.45) is 5.92 Å². The Kier molecular flexibility index (Phi) is 6.16. The van der Waals surface area contributed by atoms with E-state index in [1.54, 1.807) is 0 Å². The number of aliphatic carboxylic acids is 1. The molecule has 0 N–H and O–H groups in total. The Bertz CT molecular complexity index is 270. The van der Waals surface area contributed by atoms with E-state index < -0.39 is 18.0 Å². The van der Waals surface area contributed by atoms with Crippen LogP contribution in [0.1, 0.15) is 26.7 Å². The largest absolute Gasteiger partial charge is 0.550 e. The van der Waals surface area contributed by atoms with Crippen LogP contribution in [-0.2, 0) is 14.3 Å². The minimum Gasteiger partial charge on any atom is -0.550 e. The van der Waals surface area contributed by atoms with Crippen LogP contribution in [0.15, 0.2) is 0 Å². The fraction of sp³-hybridized carbons (Fsp3) is 0.833. The van der Waals surface area contributed by atoms with Gasteiger partial charge in [-0.1, -0.05) is 13.8 Å². The quantitative estimate of drug-likeness (QED) is 0.460. The van der Waals surface area contributed by atoms with E-state index in [2.05, 4.69) is 0 Å². The van der Waals surface area contributed by atoms with Crippen molar-refractivity contribution < 1.29 is 23.9 Å². The number of esters is 1. The Balaban J connectivity index is 4.62. The SMILES string of the molecule is CCCC(=O)OC(C[N+](C)(C)C)C(C)C(=O)[O-]. The molecule has 0 heterocycles. The molecule has 0 saturated carbocycles. The van der Waals surface area contributed by atoms with Gasteiger partial charge in [-0.05, 0) is 6.42 Å². The van der Waals surface area contributed by atoms with Gasteiger partial charge in [-0.3, -0.25) is 4.79 Å². The summed E-state index contributed by atoms with van der Waals surface area (Å²) < 4.78 is 5.74. The number of carbonyl (C=O) groups is 2. The summed E-state index contributed by atoms with van der Waals surface area (Å²) >= 11 is 0. The van der Waals surface area contributed by atoms with Crippen LogP contribution in [-0.4, -0.2) is 50.2 Å². The highest BCUT2D eigenvalue weighted by molar-refractivity contribution is 5.71. The summed E-state index contributed by atoms with van der Waals surface area (Å²) in [5, 5.41) is 10.9. The molecule has 0 aromatic rings. The van der Waals surface area contributed by atoms with Crippen LogP contribution in [0.5, 0.6) is 0 Å². The first-order valence-corrected chi connectivity index (χ1v) is 5.88. The Hall–Kier alpha value is -1.10. The highest BCUT2D eigenvalue weighted by Crippen LogP contribution is 2.12. The number of quaternary nitrogens is 1. The standard InChI is InChI=1S/C12H23NO4/c1-6-7-11(14)17-10(8-13(3,4)5)9(2)12(15)16/h9-10H,6-8H2,1-5H3. The molecule has 5 heteroatoms. The maximum Gasteiger partial charge on any atom is 0.306 e. The van der Waals surface area contributed by atoms with E-state index in [9.17, 15) is 14.7 Å². The van der Waals surface area contributed by atoms with Gasteiger partial charge in [0.1, 0.15) is 6.54 Å². The number of carboxylic acid groups (broad SMARTS) is 1. The molecule has 0 bridgehead atoms. The van der Waals surface area contributed by atoms with Crippen molar-refractivity contribution in [2.45, 2.75) is 32.8 Å². The Morgan fingerprint density at radius 3 is 2.18 bits per heavy atom. The van der Waals surface area contributed by atoms with Gasteiger partial charge < -0.3 is 19.1 Å². The number of nitrogens with zero attached hydrogens (tertiary/aromatic N) is 1. The topological polar surface area (TPSA) is 66.4 Å². The number of carbonyl (C=O) groups excluding carboxylic acids is 2. The van der Waals surface area contributed by atoms with Crippen molar-refractivity contribution in [1.29, 1.82) is 0 Å². The molecule has 17 heavy (non-hydrogen) atoms. The first kappa shape index (κ1) is 15.9. The van der Waals surface area contributed by atoms with Crippen molar-refractivity contribution >= 4 is 11.9 Å². The van der Waals surface area contributed by atoms with E-state index in [0.29, 0.717) is 23.9 Å². The van der Waals surface area contributed by atoms with E-state index in [-0.39, 0.29) is 5.97 Å². The van der Waals surface area contributed by atoms with Gasteiger partial charge in [0.25, 0.3) is 0 Å². The summed E-state index contributed by atoms with van der Waals surface area (Å²) in [6, 6.07) is 0. The van der Waals surface area contributed by atoms with Crippen LogP contribution in [0.2, 0.25) is 0 Å². The summed E-state index contributed by atoms with van der Waals surface area (Å²) in [6.07, 6.45) is 0.363. The Morgan fingerprint density at radius 1 is 1.29 bits per heavy atom. The van der Waals surface area contributed by atoms with Crippen molar-refractivity contribution in [3.63, 3.8) is 0 Å². The van der Waals surface area contributed by atoms with Crippen molar-refractivity contribution in [1.82, 2.24) is 0 Å². The maximum absolute atomic E-state index is 11.4. The molecule has 0 radical (unpaired) electrons. The fourth-order valence-electron chi connectivity index (χ4n) is 1.42. The van der Waals surface area contributed by atoms with Gasteiger partial charge >= 0.3 is 5.97 Å². The zero-order chi connectivity index (χ0) is 13.6. The number of likely N-dealkylation sites (N-methyl/N-ethyl adjacent to an activating group) is 1. The summed E-state index contributed by atoms with van der Waals surface area (Å²) in [4.78, 5) is 22.3. The minimum atomic E-state index is -1.19. The van der Waals surface area contributed by atoms with Crippen LogP contribution >= 0.6 is 0 Å². The van der Waals surface area contributed by atoms with Crippen molar-refractivity contribution in [3.8, 4) is 0 Å². The summed E-state index contributed by atoms with van der Waals surface area (Å²) in [5.41, 5.74) is 0. The van der Waals surface area contributed by atoms with Gasteiger partial charge in [0.15, 0.2) is 6.10 Å². The van der Waals surface area contributed by atoms with Crippen LogP contribution in [0, 0.1) is 5.92 Å². The molecule has 0 saturated heterocycles. The lowest BCUT2D eigenvalue weighted by molar-refractivity contribution is -0.873. The molecular formula is C12H23NO4. The number of carboxylic acids is 1. The second kappa shape index (κ2) is 6.59. The predicted octanol–water partition coefficient (Wildman–Crippen LogP) is -0.209. The highest BCUT2D eigenvalue weighted by Gasteiger charge is 2.28. The van der Waals surface area contributed by atoms with Crippen LogP contribution < -0.4 is 5.11 Å². The van der Waals surface area contributed by atoms with Gasteiger partial charge in [-0.2, -0.15) is 0 Å². The van der Waals surface area contributed by atoms with Crippen molar-refractivity contribution in [2.75, 3.05) is 27.7 Å². The van der Waals surface area contributed by atoms with Gasteiger partial charge in [-0.25, -0.2) is 0 Å². The molecule has 0 rings (SSSR count). The zero-order valence-corrected chi connectivity index (χ0v) is 11.4. The fourth-order valence-corrected chi connectivity index (χ4v) is 1.42. The van der Waals surface area contributed by atoms with Gasteiger partial charge in [0.05, 0.1) is 21.1 Å². The smallest absolute Gasteiger partial charge is 0.306 e. The normalized spacial score (nSPS) is 15.1. The van der Waals surface area contributed by atoms with Crippen LogP contribution in [0.4, 0.5) is 0 Å². The monoisotopic (exact) mass is 245 g/mol. The lowest BCUT2D eigenvalue weighted by Gasteiger charge is -2.32. The molecule has 5 nitrogen and oxygen atoms in total. The van der Waals surface area contributed by atoms with Gasteiger partial charge in [-0.15, -0.1) is 0 Å². The molecule has 0 aromatic carbocycles. The molecule has 0 fully saturated rings. The average molecular weight is 245 g/mol. The third-order valence-corrected chi connectivity index (χ3v) is 2.39. The molecule has 2 unspecified atom stereocenters. The lowest BCUT2D eigenvalue weighted by Crippen LogP contribution is -2.49. The van der Waals surface area contributed by atoms with E-state index in [1.165, 1.54) is 6.92 Å². The highest BCUT2D eigenvalue weighted by atomic mass is 16.5. The van der Waals surface area contributed by atoms with Crippen LogP contribution in [0.25, 0.3) is 0 Å². The third kappa shape index (κ3) is 6.94. The maximum atomic E-state index is 11.4. The van der Waals surface area contributed by atoms with Gasteiger partial charge in [0, 0.05) is 18.3 Å². The molecule has 0 spiro atoms. The molecule has 0 aliphatic heterocycles. The summed E-state index contributed by atoms with van der Waals surface area (Å²) in [5.74, 6) is -2.33. The van der Waals surface area contributed by atoms with E-state index in [0.717, 1.165) is 0 Å².